The van der Waals surface area contributed by atoms with E-state index >= 15 is 0 Å². The highest BCUT2D eigenvalue weighted by molar-refractivity contribution is 7.92. The summed E-state index contributed by atoms with van der Waals surface area (Å²) in [7, 11) is -4.06. The molecule has 0 aliphatic carbocycles. The van der Waals surface area contributed by atoms with Gasteiger partial charge in [-0.2, -0.15) is 5.26 Å². The number of phenols is 1. The average molecular weight is 307 g/mol. The molecule has 0 aliphatic heterocycles. The molecule has 4 N–H and O–H groups in total. The van der Waals surface area contributed by atoms with Crippen LogP contribution in [-0.2, 0) is 10.0 Å². The Morgan fingerprint density at radius 2 is 1.95 bits per heavy atom. The molecule has 0 amide bonds. The van der Waals surface area contributed by atoms with E-state index in [-0.39, 0.29) is 27.6 Å². The molecule has 0 spiro atoms. The number of nitriles is 1. The van der Waals surface area contributed by atoms with Crippen LogP contribution in [-0.4, -0.2) is 13.5 Å². The van der Waals surface area contributed by atoms with E-state index < -0.39 is 15.8 Å². The summed E-state index contributed by atoms with van der Waals surface area (Å²) >= 11 is 0. The quantitative estimate of drug-likeness (QED) is 0.590. The zero-order chi connectivity index (χ0) is 15.6. The number of halogens is 1. The summed E-state index contributed by atoms with van der Waals surface area (Å²) in [5.74, 6) is -1.12. The lowest BCUT2D eigenvalue weighted by molar-refractivity contribution is 0.477. The SMILES string of the molecule is N#Cc1ccc(NS(=O)(=O)c2ccc(O)c(N)c2)c(F)c1. The van der Waals surface area contributed by atoms with Gasteiger partial charge in [0.25, 0.3) is 10.0 Å². The molecule has 2 aromatic carbocycles. The number of rotatable bonds is 3. The van der Waals surface area contributed by atoms with Gasteiger partial charge in [-0.1, -0.05) is 0 Å². The van der Waals surface area contributed by atoms with Crippen LogP contribution in [0.15, 0.2) is 41.3 Å². The predicted octanol–water partition coefficient (Wildman–Crippen LogP) is 1.79. The van der Waals surface area contributed by atoms with Gasteiger partial charge in [-0.05, 0) is 36.4 Å². The van der Waals surface area contributed by atoms with Crippen LogP contribution in [0.4, 0.5) is 15.8 Å². The first-order valence-electron chi connectivity index (χ1n) is 5.64. The maximum atomic E-state index is 13.7. The minimum atomic E-state index is -4.06. The summed E-state index contributed by atoms with van der Waals surface area (Å²) in [6, 6.07) is 8.41. The van der Waals surface area contributed by atoms with E-state index in [0.29, 0.717) is 0 Å². The molecule has 0 atom stereocenters. The van der Waals surface area contributed by atoms with Crippen molar-refractivity contribution >= 4 is 21.4 Å². The fourth-order valence-corrected chi connectivity index (χ4v) is 2.67. The van der Waals surface area contributed by atoms with E-state index in [1.54, 1.807) is 6.07 Å². The second kappa shape index (κ2) is 5.30. The number of anilines is 2. The van der Waals surface area contributed by atoms with Gasteiger partial charge in [0, 0.05) is 0 Å². The van der Waals surface area contributed by atoms with Crippen molar-refractivity contribution in [2.75, 3.05) is 10.5 Å². The Hall–Kier alpha value is -2.79. The smallest absolute Gasteiger partial charge is 0.262 e. The molecule has 0 saturated carbocycles. The number of hydrogen-bond donors (Lipinski definition) is 3. The maximum absolute atomic E-state index is 13.7. The molecule has 0 aliphatic rings. The van der Waals surface area contributed by atoms with E-state index in [9.17, 15) is 17.9 Å². The Balaban J connectivity index is 2.37. The number of aromatic hydroxyl groups is 1. The molecular weight excluding hydrogens is 297 g/mol. The van der Waals surface area contributed by atoms with Crippen molar-refractivity contribution in [2.24, 2.45) is 0 Å². The van der Waals surface area contributed by atoms with Gasteiger partial charge >= 0.3 is 0 Å². The highest BCUT2D eigenvalue weighted by Crippen LogP contribution is 2.25. The standard InChI is InChI=1S/C13H10FN3O3S/c14-10-5-8(7-15)1-3-12(10)17-21(19,20)9-2-4-13(18)11(16)6-9/h1-6,17-18H,16H2. The number of phenolic OH excluding ortho intramolecular Hbond substituents is 1. The number of benzene rings is 2. The lowest BCUT2D eigenvalue weighted by Gasteiger charge is -2.10. The molecule has 0 bridgehead atoms. The van der Waals surface area contributed by atoms with E-state index in [0.717, 1.165) is 30.3 Å². The lowest BCUT2D eigenvalue weighted by atomic mass is 10.2. The van der Waals surface area contributed by atoms with Crippen LogP contribution in [0, 0.1) is 17.1 Å². The number of hydrogen-bond acceptors (Lipinski definition) is 5. The van der Waals surface area contributed by atoms with Crippen molar-refractivity contribution in [3.63, 3.8) is 0 Å². The van der Waals surface area contributed by atoms with Gasteiger partial charge < -0.3 is 10.8 Å². The third-order valence-electron chi connectivity index (χ3n) is 2.65. The van der Waals surface area contributed by atoms with Gasteiger partial charge in [0.05, 0.1) is 27.9 Å². The maximum Gasteiger partial charge on any atom is 0.262 e. The molecule has 2 aromatic rings. The second-order valence-electron chi connectivity index (χ2n) is 4.13. The van der Waals surface area contributed by atoms with Crippen molar-refractivity contribution in [3.8, 4) is 11.8 Å². The van der Waals surface area contributed by atoms with Crippen LogP contribution in [0.25, 0.3) is 0 Å². The molecule has 2 rings (SSSR count). The first kappa shape index (κ1) is 14.6. The molecule has 8 heteroatoms. The molecule has 108 valence electrons. The minimum absolute atomic E-state index is 0.0734. The van der Waals surface area contributed by atoms with Crippen LogP contribution in [0.1, 0.15) is 5.56 Å². The van der Waals surface area contributed by atoms with Crippen LogP contribution < -0.4 is 10.5 Å². The van der Waals surface area contributed by atoms with Gasteiger partial charge in [0.1, 0.15) is 11.6 Å². The molecular formula is C13H10FN3O3S. The van der Waals surface area contributed by atoms with Crippen LogP contribution in [0.2, 0.25) is 0 Å². The molecule has 0 fully saturated rings. The molecule has 0 unspecified atom stereocenters. The van der Waals surface area contributed by atoms with E-state index in [1.165, 1.54) is 6.07 Å². The monoisotopic (exact) mass is 307 g/mol. The average Bonchev–Trinajstić information content (AvgIpc) is 2.43. The van der Waals surface area contributed by atoms with Gasteiger partial charge in [0.2, 0.25) is 0 Å². The molecule has 0 heterocycles. The highest BCUT2D eigenvalue weighted by Gasteiger charge is 2.17. The number of sulfonamides is 1. The first-order valence-corrected chi connectivity index (χ1v) is 7.13. The zero-order valence-corrected chi connectivity index (χ0v) is 11.4. The largest absolute Gasteiger partial charge is 0.506 e. The Morgan fingerprint density at radius 1 is 1.24 bits per heavy atom. The van der Waals surface area contributed by atoms with Crippen LogP contribution in [0.3, 0.4) is 0 Å². The van der Waals surface area contributed by atoms with E-state index in [2.05, 4.69) is 4.72 Å². The predicted molar refractivity (Wildman–Crippen MR) is 74.4 cm³/mol. The summed E-state index contributed by atoms with van der Waals surface area (Å²) in [6.07, 6.45) is 0. The number of nitrogens with two attached hydrogens (primary N) is 1. The van der Waals surface area contributed by atoms with Crippen LogP contribution >= 0.6 is 0 Å². The number of nitrogen functional groups attached to an aromatic ring is 1. The second-order valence-corrected chi connectivity index (χ2v) is 5.81. The molecule has 6 nitrogen and oxygen atoms in total. The van der Waals surface area contributed by atoms with Crippen molar-refractivity contribution in [3.05, 3.63) is 47.8 Å². The zero-order valence-electron chi connectivity index (χ0n) is 10.5. The Morgan fingerprint density at radius 3 is 2.52 bits per heavy atom. The third-order valence-corrected chi connectivity index (χ3v) is 4.01. The van der Waals surface area contributed by atoms with Crippen LogP contribution in [0.5, 0.6) is 5.75 Å². The number of nitrogens with one attached hydrogen (secondary N) is 1. The number of nitrogens with zero attached hydrogens (tertiary/aromatic N) is 1. The summed E-state index contributed by atoms with van der Waals surface area (Å²) in [6.45, 7) is 0. The molecule has 0 saturated heterocycles. The summed E-state index contributed by atoms with van der Waals surface area (Å²) in [4.78, 5) is -0.221. The van der Waals surface area contributed by atoms with Gasteiger partial charge in [-0.3, -0.25) is 4.72 Å². The summed E-state index contributed by atoms with van der Waals surface area (Å²) < 4.78 is 39.9. The summed E-state index contributed by atoms with van der Waals surface area (Å²) in [5, 5.41) is 17.9. The van der Waals surface area contributed by atoms with Gasteiger partial charge in [-0.15, -0.1) is 0 Å². The van der Waals surface area contributed by atoms with Crippen molar-refractivity contribution < 1.29 is 17.9 Å². The Bertz CT molecular complexity index is 844. The first-order chi connectivity index (χ1) is 9.83. The fourth-order valence-electron chi connectivity index (χ4n) is 1.57. The lowest BCUT2D eigenvalue weighted by Crippen LogP contribution is -2.14. The normalized spacial score (nSPS) is 10.9. The van der Waals surface area contributed by atoms with E-state index in [1.807, 2.05) is 0 Å². The topological polar surface area (TPSA) is 116 Å². The van der Waals surface area contributed by atoms with Crippen molar-refractivity contribution in [2.45, 2.75) is 4.90 Å². The van der Waals surface area contributed by atoms with Gasteiger partial charge in [0.15, 0.2) is 0 Å². The summed E-state index contributed by atoms with van der Waals surface area (Å²) in [5.41, 5.74) is 5.10. The minimum Gasteiger partial charge on any atom is -0.506 e. The van der Waals surface area contributed by atoms with Gasteiger partial charge in [-0.25, -0.2) is 12.8 Å². The molecule has 0 radical (unpaired) electrons. The van der Waals surface area contributed by atoms with Crippen molar-refractivity contribution in [1.29, 1.82) is 5.26 Å². The Kier molecular flexibility index (Phi) is 3.69. The molecule has 21 heavy (non-hydrogen) atoms. The third kappa shape index (κ3) is 3.04. The van der Waals surface area contributed by atoms with E-state index in [4.69, 9.17) is 11.0 Å². The Labute approximate surface area is 120 Å². The fraction of sp³-hybridized carbons (Fsp3) is 0. The highest BCUT2D eigenvalue weighted by atomic mass is 32.2. The molecule has 0 aromatic heterocycles. The van der Waals surface area contributed by atoms with Crippen molar-refractivity contribution in [1.82, 2.24) is 0 Å².